The minimum Gasteiger partial charge on any atom is -0.478 e. The maximum Gasteiger partial charge on any atom is 0.335 e. The van der Waals surface area contributed by atoms with E-state index in [9.17, 15) is 22.4 Å². The van der Waals surface area contributed by atoms with E-state index in [4.69, 9.17) is 5.11 Å². The van der Waals surface area contributed by atoms with Crippen molar-refractivity contribution >= 4 is 27.6 Å². The number of hydrogen-bond donors (Lipinski definition) is 2. The van der Waals surface area contributed by atoms with E-state index in [2.05, 4.69) is 5.32 Å². The number of nitrogens with one attached hydrogen (secondary N) is 1. The molecule has 0 bridgehead atoms. The molecule has 2 N–H and O–H groups in total. The van der Waals surface area contributed by atoms with Gasteiger partial charge in [0.2, 0.25) is 0 Å². The molecule has 1 aliphatic rings. The number of aromatic carboxylic acids is 1. The van der Waals surface area contributed by atoms with Crippen LogP contribution in [-0.2, 0) is 22.9 Å². The summed E-state index contributed by atoms with van der Waals surface area (Å²) in [4.78, 5) is 23.4. The quantitative estimate of drug-likeness (QED) is 0.554. The summed E-state index contributed by atoms with van der Waals surface area (Å²) < 4.78 is 40.9. The molecule has 0 saturated heterocycles. The number of sulfonamides is 1. The molecule has 7 nitrogen and oxygen atoms in total. The van der Waals surface area contributed by atoms with Crippen LogP contribution in [0.1, 0.15) is 31.8 Å². The van der Waals surface area contributed by atoms with Crippen LogP contribution in [0.3, 0.4) is 0 Å². The average molecular weight is 469 g/mol. The molecule has 0 aliphatic carbocycles. The number of rotatable bonds is 7. The summed E-state index contributed by atoms with van der Waals surface area (Å²) in [5.41, 5.74) is 2.60. The Morgan fingerprint density at radius 2 is 1.73 bits per heavy atom. The Hall–Kier alpha value is -3.72. The van der Waals surface area contributed by atoms with Gasteiger partial charge < -0.3 is 10.4 Å². The zero-order valence-corrected chi connectivity index (χ0v) is 18.3. The van der Waals surface area contributed by atoms with Gasteiger partial charge in [0, 0.05) is 18.7 Å². The second kappa shape index (κ2) is 9.03. The first-order chi connectivity index (χ1) is 15.8. The highest BCUT2D eigenvalue weighted by atomic mass is 32.2. The summed E-state index contributed by atoms with van der Waals surface area (Å²) in [5, 5.41) is 11.7. The number of hydrogen-bond acceptors (Lipinski definition) is 4. The van der Waals surface area contributed by atoms with Gasteiger partial charge in [0.05, 0.1) is 16.1 Å². The second-order valence-corrected chi connectivity index (χ2v) is 9.50. The van der Waals surface area contributed by atoms with Crippen molar-refractivity contribution in [1.29, 1.82) is 0 Å². The van der Waals surface area contributed by atoms with Gasteiger partial charge in [-0.3, -0.25) is 9.10 Å². The van der Waals surface area contributed by atoms with Crippen LogP contribution in [0.25, 0.3) is 0 Å². The molecule has 0 fully saturated rings. The Morgan fingerprint density at radius 3 is 2.42 bits per heavy atom. The van der Waals surface area contributed by atoms with Crippen molar-refractivity contribution in [3.05, 3.63) is 94.8 Å². The summed E-state index contributed by atoms with van der Waals surface area (Å²) in [7, 11) is -3.96. The second-order valence-electron chi connectivity index (χ2n) is 7.64. The number of carboxylic acid groups (broad SMARTS) is 1. The van der Waals surface area contributed by atoms with Crippen LogP contribution in [0, 0.1) is 5.82 Å². The monoisotopic (exact) mass is 468 g/mol. The summed E-state index contributed by atoms with van der Waals surface area (Å²) in [6.07, 6.45) is 1.01. The third-order valence-corrected chi connectivity index (χ3v) is 7.29. The Labute approximate surface area is 190 Å². The van der Waals surface area contributed by atoms with Crippen molar-refractivity contribution in [2.45, 2.75) is 17.7 Å². The summed E-state index contributed by atoms with van der Waals surface area (Å²) in [5.74, 6) is -1.99. The molecule has 4 rings (SSSR count). The van der Waals surface area contributed by atoms with E-state index in [0.29, 0.717) is 30.6 Å². The molecule has 0 spiro atoms. The molecule has 1 heterocycles. The van der Waals surface area contributed by atoms with Gasteiger partial charge in [0.25, 0.3) is 15.9 Å². The number of anilines is 1. The van der Waals surface area contributed by atoms with E-state index >= 15 is 0 Å². The highest BCUT2D eigenvalue weighted by molar-refractivity contribution is 7.92. The van der Waals surface area contributed by atoms with Crippen LogP contribution in [-0.4, -0.2) is 38.5 Å². The normalized spacial score (nSPS) is 12.9. The molecule has 0 unspecified atom stereocenters. The number of amides is 1. The summed E-state index contributed by atoms with van der Waals surface area (Å²) in [6, 6.07) is 16.2. The van der Waals surface area contributed by atoms with Crippen LogP contribution in [0.4, 0.5) is 10.1 Å². The van der Waals surface area contributed by atoms with Crippen molar-refractivity contribution in [3.8, 4) is 0 Å². The van der Waals surface area contributed by atoms with Crippen LogP contribution in [0.15, 0.2) is 71.6 Å². The number of carbonyl (C=O) groups is 2. The molecule has 0 aromatic heterocycles. The predicted molar refractivity (Wildman–Crippen MR) is 121 cm³/mol. The number of carbonyl (C=O) groups excluding carboxylic acids is 1. The molecule has 3 aromatic rings. The van der Waals surface area contributed by atoms with E-state index < -0.39 is 21.8 Å². The SMILES string of the molecule is O=C(O)c1ccc(CCNC(=O)c2ccc3c(c2)N(S(=O)(=O)c2cccc(F)c2)CC3)cc1. The topological polar surface area (TPSA) is 104 Å². The lowest BCUT2D eigenvalue weighted by atomic mass is 10.1. The molecule has 9 heteroatoms. The lowest BCUT2D eigenvalue weighted by Gasteiger charge is -2.20. The van der Waals surface area contributed by atoms with Crippen LogP contribution in [0.2, 0.25) is 0 Å². The Bertz CT molecular complexity index is 1320. The standard InChI is InChI=1S/C24H21FN2O5S/c25-20-2-1-3-21(15-20)33(31,32)27-13-11-17-8-9-19(14-22(17)27)23(28)26-12-10-16-4-6-18(7-5-16)24(29)30/h1-9,14-15H,10-13H2,(H,26,28)(H,29,30). The van der Waals surface area contributed by atoms with Gasteiger partial charge in [-0.05, 0) is 66.4 Å². The first-order valence-corrected chi connectivity index (χ1v) is 11.7. The molecule has 0 atom stereocenters. The predicted octanol–water partition coefficient (Wildman–Crippen LogP) is 3.25. The lowest BCUT2D eigenvalue weighted by Crippen LogP contribution is -2.30. The van der Waals surface area contributed by atoms with E-state index in [1.54, 1.807) is 24.3 Å². The highest BCUT2D eigenvalue weighted by Gasteiger charge is 2.31. The van der Waals surface area contributed by atoms with Crippen molar-refractivity contribution in [3.63, 3.8) is 0 Å². The molecular weight excluding hydrogens is 447 g/mol. The van der Waals surface area contributed by atoms with Crippen molar-refractivity contribution in [2.75, 3.05) is 17.4 Å². The fourth-order valence-electron chi connectivity index (χ4n) is 3.73. The van der Waals surface area contributed by atoms with Gasteiger partial charge in [-0.1, -0.05) is 24.3 Å². The number of benzene rings is 3. The number of fused-ring (bicyclic) bond motifs is 1. The number of carboxylic acids is 1. The fraction of sp³-hybridized carbons (Fsp3) is 0.167. The Kier molecular flexibility index (Phi) is 6.15. The largest absolute Gasteiger partial charge is 0.478 e. The molecule has 0 radical (unpaired) electrons. The molecule has 33 heavy (non-hydrogen) atoms. The summed E-state index contributed by atoms with van der Waals surface area (Å²) in [6.45, 7) is 0.541. The number of halogens is 1. The van der Waals surface area contributed by atoms with Gasteiger partial charge in [-0.2, -0.15) is 0 Å². The molecule has 1 aliphatic heterocycles. The summed E-state index contributed by atoms with van der Waals surface area (Å²) >= 11 is 0. The zero-order chi connectivity index (χ0) is 23.6. The minimum atomic E-state index is -3.96. The van der Waals surface area contributed by atoms with E-state index in [1.807, 2.05) is 0 Å². The first kappa shape index (κ1) is 22.5. The van der Waals surface area contributed by atoms with E-state index in [0.717, 1.165) is 17.2 Å². The van der Waals surface area contributed by atoms with Gasteiger partial charge >= 0.3 is 5.97 Å². The van der Waals surface area contributed by atoms with Crippen molar-refractivity contribution in [1.82, 2.24) is 5.32 Å². The molecule has 0 saturated carbocycles. The maximum absolute atomic E-state index is 13.6. The molecule has 1 amide bonds. The minimum absolute atomic E-state index is 0.140. The average Bonchev–Trinajstić information content (AvgIpc) is 3.23. The van der Waals surface area contributed by atoms with Crippen LogP contribution < -0.4 is 9.62 Å². The molecule has 3 aromatic carbocycles. The Morgan fingerprint density at radius 1 is 1.00 bits per heavy atom. The van der Waals surface area contributed by atoms with Crippen LogP contribution >= 0.6 is 0 Å². The third kappa shape index (κ3) is 4.73. The lowest BCUT2D eigenvalue weighted by molar-refractivity contribution is 0.0696. The third-order valence-electron chi connectivity index (χ3n) is 5.48. The van der Waals surface area contributed by atoms with Gasteiger partial charge in [-0.25, -0.2) is 17.6 Å². The first-order valence-electron chi connectivity index (χ1n) is 10.3. The fourth-order valence-corrected chi connectivity index (χ4v) is 5.26. The maximum atomic E-state index is 13.6. The smallest absolute Gasteiger partial charge is 0.335 e. The number of nitrogens with zero attached hydrogens (tertiary/aromatic N) is 1. The molecule has 170 valence electrons. The highest BCUT2D eigenvalue weighted by Crippen LogP contribution is 2.34. The Balaban J connectivity index is 1.46. The van der Waals surface area contributed by atoms with Gasteiger partial charge in [-0.15, -0.1) is 0 Å². The van der Waals surface area contributed by atoms with Gasteiger partial charge in [0.1, 0.15) is 5.82 Å². The van der Waals surface area contributed by atoms with E-state index in [1.165, 1.54) is 40.7 Å². The molecular formula is C24H21FN2O5S. The van der Waals surface area contributed by atoms with Crippen LogP contribution in [0.5, 0.6) is 0 Å². The zero-order valence-electron chi connectivity index (χ0n) is 17.5. The van der Waals surface area contributed by atoms with E-state index in [-0.39, 0.29) is 22.9 Å². The van der Waals surface area contributed by atoms with Gasteiger partial charge in [0.15, 0.2) is 0 Å². The van der Waals surface area contributed by atoms with Crippen molar-refractivity contribution < 1.29 is 27.5 Å². The van der Waals surface area contributed by atoms with Crippen molar-refractivity contribution in [2.24, 2.45) is 0 Å².